The molecule has 0 saturated carbocycles. The van der Waals surface area contributed by atoms with E-state index in [0.29, 0.717) is 0 Å². The number of benzene rings is 1. The third-order valence-electron chi connectivity index (χ3n) is 0.773. The Bertz CT molecular complexity index is 139. The van der Waals surface area contributed by atoms with E-state index in [-0.39, 0.29) is 59.6 Å². The van der Waals surface area contributed by atoms with Gasteiger partial charge >= 0.3 is 31.1 Å². The molecule has 1 rings (SSSR count). The molecule has 1 aromatic carbocycles. The Morgan fingerprint density at radius 2 is 1.90 bits per heavy atom. The molecule has 0 radical (unpaired) electrons. The molecule has 0 nitrogen and oxygen atoms in total. The summed E-state index contributed by atoms with van der Waals surface area (Å²) in [5.74, 6) is 0. The van der Waals surface area contributed by atoms with Crippen molar-refractivity contribution in [2.75, 3.05) is 0 Å². The van der Waals surface area contributed by atoms with E-state index in [2.05, 4.69) is 13.0 Å². The van der Waals surface area contributed by atoms with Gasteiger partial charge in [-0.2, -0.15) is 12.1 Å². The summed E-state index contributed by atoms with van der Waals surface area (Å²) in [6.07, 6.45) is 0. The van der Waals surface area contributed by atoms with Crippen molar-refractivity contribution in [3.63, 3.8) is 0 Å². The summed E-state index contributed by atoms with van der Waals surface area (Å²) in [6, 6.07) is 10.6. The second-order valence-electron chi connectivity index (χ2n) is 1.39. The molecular formula is C8H9UW-. The van der Waals surface area contributed by atoms with E-state index < -0.39 is 0 Å². The van der Waals surface area contributed by atoms with Gasteiger partial charge in [-0.15, -0.1) is 6.07 Å². The van der Waals surface area contributed by atoms with Crippen LogP contribution < -0.4 is 0 Å². The minimum absolute atomic E-state index is 0. The molecule has 52 valence electrons. The van der Waals surface area contributed by atoms with E-state index >= 15 is 0 Å². The van der Waals surface area contributed by atoms with E-state index in [1.165, 1.54) is 0 Å². The molecule has 10 heavy (non-hydrogen) atoms. The van der Waals surface area contributed by atoms with Gasteiger partial charge in [-0.25, -0.2) is 0 Å². The maximum atomic E-state index is 3.66. The third kappa shape index (κ3) is 6.94. The predicted octanol–water partition coefficient (Wildman–Crippen LogP) is 2.12. The molecular weight excluding hydrogens is 518 g/mol. The molecule has 0 amide bonds. The summed E-state index contributed by atoms with van der Waals surface area (Å²) in [5.41, 5.74) is 0.947. The van der Waals surface area contributed by atoms with Gasteiger partial charge in [0.2, 0.25) is 0 Å². The zero-order chi connectivity index (χ0) is 5.11. The maximum absolute atomic E-state index is 3.66. The third-order valence-corrected chi connectivity index (χ3v) is 0.773. The fraction of sp³-hybridized carbons (Fsp3) is 0. The average molecular weight is 527 g/mol. The molecule has 0 aromatic heterocycles. The standard InChI is InChI=1S/C7H6.CH3.U.W/c1-7-5-3-2-4-6-7;;;/h2-5H,1H2;1H3;;/q-2;-1;+2;. The average Bonchev–Trinajstić information content (AvgIpc) is 1.69. The minimum Gasteiger partial charge on any atom is -0.374 e. The molecule has 0 saturated heterocycles. The molecule has 0 aliphatic heterocycles. The fourth-order valence-corrected chi connectivity index (χ4v) is 0.431. The Kier molecular flexibility index (Phi) is 16.8. The van der Waals surface area contributed by atoms with E-state index in [1.54, 1.807) is 0 Å². The van der Waals surface area contributed by atoms with E-state index in [1.807, 2.05) is 24.3 Å². The smallest absolute Gasteiger partial charge is 0.374 e. The zero-order valence-corrected chi connectivity index (χ0v) is 13.0. The van der Waals surface area contributed by atoms with Gasteiger partial charge in [0, 0.05) is 21.1 Å². The molecule has 2 heteroatoms. The van der Waals surface area contributed by atoms with Crippen LogP contribution in [0.15, 0.2) is 24.3 Å². The van der Waals surface area contributed by atoms with Crippen molar-refractivity contribution in [3.8, 4) is 0 Å². The van der Waals surface area contributed by atoms with Crippen LogP contribution in [0.3, 0.4) is 0 Å². The first-order valence-electron chi connectivity index (χ1n) is 2.18. The Morgan fingerprint density at radius 3 is 2.10 bits per heavy atom. The summed E-state index contributed by atoms with van der Waals surface area (Å²) in [6.45, 7) is 3.66. The summed E-state index contributed by atoms with van der Waals surface area (Å²) in [5, 5.41) is 0. The van der Waals surface area contributed by atoms with Crippen LogP contribution in [0.25, 0.3) is 0 Å². The predicted molar refractivity (Wildman–Crippen MR) is 36.2 cm³/mol. The molecule has 0 unspecified atom stereocenters. The monoisotopic (exact) mass is 527 g/mol. The van der Waals surface area contributed by atoms with Crippen molar-refractivity contribution in [2.24, 2.45) is 0 Å². The molecule has 0 spiro atoms. The normalized spacial score (nSPS) is 6.00. The zero-order valence-electron chi connectivity index (χ0n) is 5.92. The molecule has 0 bridgehead atoms. The van der Waals surface area contributed by atoms with Crippen LogP contribution in [0, 0.1) is 51.5 Å². The van der Waals surface area contributed by atoms with Crippen molar-refractivity contribution in [2.45, 2.75) is 0 Å². The van der Waals surface area contributed by atoms with E-state index in [0.717, 1.165) is 5.56 Å². The molecule has 0 aliphatic carbocycles. The molecule has 0 atom stereocenters. The van der Waals surface area contributed by atoms with Gasteiger partial charge < -0.3 is 26.0 Å². The number of hydrogen-bond donors (Lipinski definition) is 0. The minimum atomic E-state index is 0. The first kappa shape index (κ1) is 17.1. The van der Waals surface area contributed by atoms with E-state index in [4.69, 9.17) is 0 Å². The van der Waals surface area contributed by atoms with Crippen molar-refractivity contribution in [1.29, 1.82) is 0 Å². The van der Waals surface area contributed by atoms with Crippen LogP contribution in [0.2, 0.25) is 0 Å². The Hall–Kier alpha value is 0.830. The van der Waals surface area contributed by atoms with Crippen LogP contribution in [0.5, 0.6) is 0 Å². The van der Waals surface area contributed by atoms with Gasteiger partial charge in [0.15, 0.2) is 0 Å². The summed E-state index contributed by atoms with van der Waals surface area (Å²) < 4.78 is 0. The molecule has 0 aliphatic rings. The Labute approximate surface area is 101 Å². The quantitative estimate of drug-likeness (QED) is 0.454. The van der Waals surface area contributed by atoms with Gasteiger partial charge in [-0.1, -0.05) is 0 Å². The van der Waals surface area contributed by atoms with Gasteiger partial charge in [0.1, 0.15) is 0 Å². The van der Waals surface area contributed by atoms with Gasteiger partial charge in [-0.05, 0) is 0 Å². The summed E-state index contributed by atoms with van der Waals surface area (Å²) in [7, 11) is 0. The van der Waals surface area contributed by atoms with Gasteiger partial charge in [0.05, 0.1) is 0 Å². The van der Waals surface area contributed by atoms with E-state index in [9.17, 15) is 0 Å². The molecule has 0 fully saturated rings. The topological polar surface area (TPSA) is 0 Å². The number of rotatable bonds is 0. The van der Waals surface area contributed by atoms with Crippen molar-refractivity contribution >= 4 is 0 Å². The second-order valence-corrected chi connectivity index (χ2v) is 1.39. The second kappa shape index (κ2) is 9.83. The van der Waals surface area contributed by atoms with Crippen molar-refractivity contribution in [1.82, 2.24) is 0 Å². The van der Waals surface area contributed by atoms with Crippen LogP contribution in [-0.4, -0.2) is 0 Å². The molecule has 1 aromatic rings. The fourth-order valence-electron chi connectivity index (χ4n) is 0.431. The van der Waals surface area contributed by atoms with Crippen LogP contribution in [-0.2, 0) is 21.1 Å². The molecule has 0 heterocycles. The summed E-state index contributed by atoms with van der Waals surface area (Å²) >= 11 is 0. The summed E-state index contributed by atoms with van der Waals surface area (Å²) in [4.78, 5) is 0. The van der Waals surface area contributed by atoms with Crippen LogP contribution in [0.1, 0.15) is 5.56 Å². The van der Waals surface area contributed by atoms with Crippen LogP contribution >= 0.6 is 0 Å². The van der Waals surface area contributed by atoms with Gasteiger partial charge in [-0.3, -0.25) is 6.07 Å². The van der Waals surface area contributed by atoms with Gasteiger partial charge in [0.25, 0.3) is 0 Å². The largest absolute Gasteiger partial charge is 2.00 e. The van der Waals surface area contributed by atoms with Crippen LogP contribution in [0.4, 0.5) is 0 Å². The van der Waals surface area contributed by atoms with Crippen molar-refractivity contribution < 1.29 is 52.2 Å². The van der Waals surface area contributed by atoms with Crippen molar-refractivity contribution in [3.05, 3.63) is 50.2 Å². The number of hydrogen-bond acceptors (Lipinski definition) is 0. The first-order chi connectivity index (χ1) is 3.39. The SMILES string of the molecule is [CH2-]c1[c-]cccc1.[CH3-].[U+2].[W]. The Balaban J connectivity index is -0.000000163. The maximum Gasteiger partial charge on any atom is 2.00 e. The first-order valence-corrected chi connectivity index (χ1v) is 2.18. The Morgan fingerprint density at radius 1 is 1.30 bits per heavy atom. The molecule has 0 N–H and O–H groups in total.